The first-order valence-corrected chi connectivity index (χ1v) is 8.80. The first kappa shape index (κ1) is 18.5. The highest BCUT2D eigenvalue weighted by atomic mass is 35.5. The van der Waals surface area contributed by atoms with Crippen molar-refractivity contribution >= 4 is 35.2 Å². The first-order valence-electron chi connectivity index (χ1n) is 8.04. The third-order valence-electron chi connectivity index (χ3n) is 4.34. The van der Waals surface area contributed by atoms with Crippen molar-refractivity contribution in [3.05, 3.63) is 51.5 Å². The van der Waals surface area contributed by atoms with Crippen molar-refractivity contribution in [2.24, 2.45) is 0 Å². The number of carbonyl (C=O) groups excluding carboxylic acids is 2. The number of imidazole rings is 1. The molecule has 2 N–H and O–H groups in total. The SMILES string of the molecule is COC(=O)C(C)NC(=O)N1CCc2[nH]cnc2C1c1ccc(Cl)cc1Cl. The molecule has 0 spiro atoms. The van der Waals surface area contributed by atoms with Gasteiger partial charge in [0.1, 0.15) is 12.1 Å². The highest BCUT2D eigenvalue weighted by Gasteiger charge is 2.36. The Labute approximate surface area is 160 Å². The van der Waals surface area contributed by atoms with E-state index >= 15 is 0 Å². The number of urea groups is 1. The summed E-state index contributed by atoms with van der Waals surface area (Å²) >= 11 is 12.4. The molecule has 0 saturated carbocycles. The molecule has 1 aliphatic rings. The fraction of sp³-hybridized carbons (Fsp3) is 0.353. The van der Waals surface area contributed by atoms with E-state index < -0.39 is 24.1 Å². The van der Waals surface area contributed by atoms with Crippen LogP contribution in [0.2, 0.25) is 10.0 Å². The number of amides is 2. The lowest BCUT2D eigenvalue weighted by atomic mass is 9.96. The second-order valence-corrected chi connectivity index (χ2v) is 6.82. The van der Waals surface area contributed by atoms with Gasteiger partial charge >= 0.3 is 12.0 Å². The maximum Gasteiger partial charge on any atom is 0.328 e. The molecule has 0 saturated heterocycles. The summed E-state index contributed by atoms with van der Waals surface area (Å²) in [6.45, 7) is 2.01. The molecule has 0 bridgehead atoms. The van der Waals surface area contributed by atoms with Crippen LogP contribution in [0.15, 0.2) is 24.5 Å². The van der Waals surface area contributed by atoms with Gasteiger partial charge in [0.25, 0.3) is 0 Å². The normalized spacial score (nSPS) is 17.4. The van der Waals surface area contributed by atoms with Gasteiger partial charge in [0.15, 0.2) is 0 Å². The van der Waals surface area contributed by atoms with E-state index in [2.05, 4.69) is 20.0 Å². The minimum atomic E-state index is -0.769. The van der Waals surface area contributed by atoms with E-state index in [1.807, 2.05) is 0 Å². The van der Waals surface area contributed by atoms with Gasteiger partial charge in [0.05, 0.1) is 19.1 Å². The molecule has 1 aromatic heterocycles. The molecule has 1 aromatic carbocycles. The highest BCUT2D eigenvalue weighted by Crippen LogP contribution is 2.37. The Morgan fingerprint density at radius 3 is 2.88 bits per heavy atom. The lowest BCUT2D eigenvalue weighted by molar-refractivity contribution is -0.142. The number of nitrogens with zero attached hydrogens (tertiary/aromatic N) is 2. The number of ether oxygens (including phenoxy) is 1. The Balaban J connectivity index is 1.96. The van der Waals surface area contributed by atoms with Crippen molar-refractivity contribution in [3.63, 3.8) is 0 Å². The fourth-order valence-electron chi connectivity index (χ4n) is 3.04. The quantitative estimate of drug-likeness (QED) is 0.780. The second-order valence-electron chi connectivity index (χ2n) is 5.97. The summed E-state index contributed by atoms with van der Waals surface area (Å²) in [7, 11) is 1.28. The van der Waals surface area contributed by atoms with Crippen LogP contribution >= 0.6 is 23.2 Å². The molecule has 1 aliphatic heterocycles. The number of benzene rings is 1. The summed E-state index contributed by atoms with van der Waals surface area (Å²) in [6, 6.07) is 3.48. The average molecular weight is 397 g/mol. The van der Waals surface area contributed by atoms with Gasteiger partial charge in [-0.1, -0.05) is 29.3 Å². The van der Waals surface area contributed by atoms with Crippen molar-refractivity contribution in [2.75, 3.05) is 13.7 Å². The average Bonchev–Trinajstić information content (AvgIpc) is 3.09. The Kier molecular flexibility index (Phi) is 5.38. The van der Waals surface area contributed by atoms with Crippen LogP contribution in [0.1, 0.15) is 29.9 Å². The molecule has 2 unspecified atom stereocenters. The standard InChI is InChI=1S/C17H18Cl2N4O3/c1-9(16(24)26-2)22-17(25)23-6-5-13-14(21-8-20-13)15(23)11-4-3-10(18)7-12(11)19/h3-4,7-9,15H,5-6H2,1-2H3,(H,20,21)(H,22,25). The number of esters is 1. The lowest BCUT2D eigenvalue weighted by Gasteiger charge is -2.36. The van der Waals surface area contributed by atoms with Crippen LogP contribution in [-0.4, -0.2) is 46.6 Å². The molecular formula is C17H18Cl2N4O3. The first-order chi connectivity index (χ1) is 12.4. The number of rotatable bonds is 3. The topological polar surface area (TPSA) is 87.3 Å². The predicted molar refractivity (Wildman–Crippen MR) is 97.3 cm³/mol. The van der Waals surface area contributed by atoms with Crippen LogP contribution in [0.5, 0.6) is 0 Å². The van der Waals surface area contributed by atoms with E-state index in [4.69, 9.17) is 23.2 Å². The number of H-pyrrole nitrogens is 1. The zero-order valence-electron chi connectivity index (χ0n) is 14.3. The lowest BCUT2D eigenvalue weighted by Crippen LogP contribution is -2.50. The summed E-state index contributed by atoms with van der Waals surface area (Å²) in [5.74, 6) is -0.517. The number of aromatic nitrogens is 2. The van der Waals surface area contributed by atoms with E-state index in [-0.39, 0.29) is 0 Å². The number of halogens is 2. The van der Waals surface area contributed by atoms with Gasteiger partial charge < -0.3 is 19.9 Å². The smallest absolute Gasteiger partial charge is 0.328 e. The van der Waals surface area contributed by atoms with Gasteiger partial charge in [-0.3, -0.25) is 0 Å². The third kappa shape index (κ3) is 3.50. The molecule has 3 rings (SSSR count). The molecule has 9 heteroatoms. The Morgan fingerprint density at radius 2 is 2.19 bits per heavy atom. The Hall–Kier alpha value is -2.25. The van der Waals surface area contributed by atoms with Gasteiger partial charge in [-0.05, 0) is 24.6 Å². The van der Waals surface area contributed by atoms with Crippen molar-refractivity contribution in [1.82, 2.24) is 20.2 Å². The molecule has 2 heterocycles. The summed E-state index contributed by atoms with van der Waals surface area (Å²) < 4.78 is 4.66. The van der Waals surface area contributed by atoms with Gasteiger partial charge in [-0.15, -0.1) is 0 Å². The number of methoxy groups -OCH3 is 1. The van der Waals surface area contributed by atoms with Crippen LogP contribution in [-0.2, 0) is 16.0 Å². The molecule has 2 amide bonds. The van der Waals surface area contributed by atoms with Crippen molar-refractivity contribution < 1.29 is 14.3 Å². The molecule has 2 atom stereocenters. The van der Waals surface area contributed by atoms with E-state index in [1.54, 1.807) is 36.4 Å². The maximum absolute atomic E-state index is 12.8. The summed E-state index contributed by atoms with van der Waals surface area (Å²) in [4.78, 5) is 33.5. The molecule has 26 heavy (non-hydrogen) atoms. The molecular weight excluding hydrogens is 379 g/mol. The molecule has 0 fully saturated rings. The number of nitrogens with one attached hydrogen (secondary N) is 2. The number of fused-ring (bicyclic) bond motifs is 1. The van der Waals surface area contributed by atoms with Crippen molar-refractivity contribution in [1.29, 1.82) is 0 Å². The van der Waals surface area contributed by atoms with E-state index in [9.17, 15) is 9.59 Å². The largest absolute Gasteiger partial charge is 0.467 e. The number of hydrogen-bond donors (Lipinski definition) is 2. The molecule has 138 valence electrons. The third-order valence-corrected chi connectivity index (χ3v) is 4.90. The van der Waals surface area contributed by atoms with Crippen LogP contribution in [0, 0.1) is 0 Å². The van der Waals surface area contributed by atoms with Crippen molar-refractivity contribution in [3.8, 4) is 0 Å². The number of carbonyl (C=O) groups is 2. The van der Waals surface area contributed by atoms with Gasteiger partial charge in [-0.25, -0.2) is 14.6 Å². The van der Waals surface area contributed by atoms with Crippen LogP contribution < -0.4 is 5.32 Å². The van der Waals surface area contributed by atoms with E-state index in [1.165, 1.54) is 7.11 Å². The molecule has 0 radical (unpaired) electrons. The molecule has 2 aromatic rings. The predicted octanol–water partition coefficient (Wildman–Crippen LogP) is 2.94. The van der Waals surface area contributed by atoms with Crippen LogP contribution in [0.4, 0.5) is 4.79 Å². The summed E-state index contributed by atoms with van der Waals surface area (Å²) in [5.41, 5.74) is 2.39. The highest BCUT2D eigenvalue weighted by molar-refractivity contribution is 6.35. The zero-order chi connectivity index (χ0) is 18.8. The van der Waals surface area contributed by atoms with Gasteiger partial charge in [0.2, 0.25) is 0 Å². The van der Waals surface area contributed by atoms with Crippen LogP contribution in [0.3, 0.4) is 0 Å². The number of hydrogen-bond acceptors (Lipinski definition) is 4. The minimum Gasteiger partial charge on any atom is -0.467 e. The molecule has 7 nitrogen and oxygen atoms in total. The van der Waals surface area contributed by atoms with E-state index in [0.29, 0.717) is 28.6 Å². The summed E-state index contributed by atoms with van der Waals surface area (Å²) in [5, 5.41) is 3.61. The molecule has 0 aliphatic carbocycles. The van der Waals surface area contributed by atoms with Gasteiger partial charge in [0, 0.05) is 28.7 Å². The minimum absolute atomic E-state index is 0.396. The Bertz CT molecular complexity index is 839. The monoisotopic (exact) mass is 396 g/mol. The number of aromatic amines is 1. The fourth-order valence-corrected chi connectivity index (χ4v) is 3.55. The Morgan fingerprint density at radius 1 is 1.42 bits per heavy atom. The van der Waals surface area contributed by atoms with E-state index in [0.717, 1.165) is 11.4 Å². The zero-order valence-corrected chi connectivity index (χ0v) is 15.8. The van der Waals surface area contributed by atoms with Crippen molar-refractivity contribution in [2.45, 2.75) is 25.4 Å². The van der Waals surface area contributed by atoms with Crippen LogP contribution in [0.25, 0.3) is 0 Å². The second kappa shape index (κ2) is 7.55. The maximum atomic E-state index is 12.8. The summed E-state index contributed by atoms with van der Waals surface area (Å²) in [6.07, 6.45) is 2.22. The van der Waals surface area contributed by atoms with Gasteiger partial charge in [-0.2, -0.15) is 0 Å².